The average molecular weight is 322 g/mol. The summed E-state index contributed by atoms with van der Waals surface area (Å²) in [4.78, 5) is 3.77. The Labute approximate surface area is 118 Å². The minimum Gasteiger partial charge on any atom is -0.381 e. The zero-order valence-electron chi connectivity index (χ0n) is 11.4. The molecule has 1 fully saturated rings. The lowest BCUT2D eigenvalue weighted by atomic mass is 10.3. The third kappa shape index (κ3) is 2.54. The van der Waals surface area contributed by atoms with Crippen molar-refractivity contribution >= 4 is 25.7 Å². The van der Waals surface area contributed by atoms with Gasteiger partial charge in [0.2, 0.25) is 0 Å². The molecule has 1 aliphatic heterocycles. The number of aromatic nitrogens is 2. The van der Waals surface area contributed by atoms with E-state index in [1.807, 2.05) is 0 Å². The largest absolute Gasteiger partial charge is 0.381 e. The second-order valence-corrected chi connectivity index (χ2v) is 8.85. The first kappa shape index (κ1) is 15.3. The van der Waals surface area contributed by atoms with Crippen molar-refractivity contribution < 1.29 is 16.8 Å². The first-order valence-corrected chi connectivity index (χ1v) is 9.44. The summed E-state index contributed by atoms with van der Waals surface area (Å²) in [6.07, 6.45) is 1.63. The van der Waals surface area contributed by atoms with Gasteiger partial charge in [-0.15, -0.1) is 0 Å². The molecule has 1 atom stereocenters. The minimum absolute atomic E-state index is 0.0184. The van der Waals surface area contributed by atoms with E-state index in [4.69, 9.17) is 5.73 Å². The van der Waals surface area contributed by atoms with Crippen LogP contribution in [0.1, 0.15) is 13.3 Å². The Hall–Kier alpha value is -1.13. The van der Waals surface area contributed by atoms with Gasteiger partial charge in [0.05, 0.1) is 17.8 Å². The van der Waals surface area contributed by atoms with Crippen LogP contribution in [-0.4, -0.2) is 54.8 Å². The molecule has 0 aromatic carbocycles. The van der Waals surface area contributed by atoms with Crippen LogP contribution in [0.2, 0.25) is 0 Å². The molecule has 1 aromatic rings. The van der Waals surface area contributed by atoms with E-state index in [0.717, 1.165) is 0 Å². The standard InChI is InChI=1S/C10H18N4O4S2/c1-3-14(8-4-5-19(15,16)6-8)20(17,18)10-9(11)12-7-13(10)2/h7-8H,3-6,11H2,1-2H3. The molecule has 2 rings (SSSR count). The first-order valence-electron chi connectivity index (χ1n) is 6.18. The van der Waals surface area contributed by atoms with Gasteiger partial charge in [-0.25, -0.2) is 21.8 Å². The topological polar surface area (TPSA) is 115 Å². The maximum Gasteiger partial charge on any atom is 0.262 e. The van der Waals surface area contributed by atoms with E-state index in [9.17, 15) is 16.8 Å². The average Bonchev–Trinajstić information content (AvgIpc) is 2.83. The zero-order valence-corrected chi connectivity index (χ0v) is 13.0. The number of rotatable bonds is 4. The van der Waals surface area contributed by atoms with Gasteiger partial charge in [-0.1, -0.05) is 6.92 Å². The molecule has 1 unspecified atom stereocenters. The molecule has 2 N–H and O–H groups in total. The summed E-state index contributed by atoms with van der Waals surface area (Å²) in [5.74, 6) is -0.200. The van der Waals surface area contributed by atoms with Crippen LogP contribution in [0.5, 0.6) is 0 Å². The quantitative estimate of drug-likeness (QED) is 0.776. The van der Waals surface area contributed by atoms with Gasteiger partial charge in [-0.2, -0.15) is 4.31 Å². The van der Waals surface area contributed by atoms with Gasteiger partial charge < -0.3 is 10.3 Å². The van der Waals surface area contributed by atoms with Crippen molar-refractivity contribution in [2.24, 2.45) is 7.05 Å². The normalized spacial score (nSPS) is 22.4. The second kappa shape index (κ2) is 5.01. The number of nitrogens with zero attached hydrogens (tertiary/aromatic N) is 3. The SMILES string of the molecule is CCN(C1CCS(=O)(=O)C1)S(=O)(=O)c1c(N)ncn1C. The van der Waals surface area contributed by atoms with Crippen LogP contribution in [0.25, 0.3) is 0 Å². The van der Waals surface area contributed by atoms with Crippen molar-refractivity contribution in [2.45, 2.75) is 24.4 Å². The highest BCUT2D eigenvalue weighted by Gasteiger charge is 2.39. The summed E-state index contributed by atoms with van der Waals surface area (Å²) in [5, 5.41) is -0.0938. The van der Waals surface area contributed by atoms with Crippen molar-refractivity contribution in [1.82, 2.24) is 13.9 Å². The zero-order chi connectivity index (χ0) is 15.1. The molecule has 1 aromatic heterocycles. The number of nitrogen functional groups attached to an aromatic ring is 1. The van der Waals surface area contributed by atoms with Crippen molar-refractivity contribution in [3.63, 3.8) is 0 Å². The van der Waals surface area contributed by atoms with E-state index in [1.54, 1.807) is 6.92 Å². The van der Waals surface area contributed by atoms with E-state index in [2.05, 4.69) is 4.98 Å². The number of nitrogens with two attached hydrogens (primary N) is 1. The van der Waals surface area contributed by atoms with Gasteiger partial charge in [0.1, 0.15) is 0 Å². The van der Waals surface area contributed by atoms with Crippen LogP contribution in [0.3, 0.4) is 0 Å². The number of anilines is 1. The molecule has 1 aliphatic rings. The Bertz CT molecular complexity index is 688. The van der Waals surface area contributed by atoms with Crippen molar-refractivity contribution in [2.75, 3.05) is 23.8 Å². The van der Waals surface area contributed by atoms with Crippen LogP contribution in [0.4, 0.5) is 5.82 Å². The van der Waals surface area contributed by atoms with E-state index >= 15 is 0 Å². The number of hydrogen-bond acceptors (Lipinski definition) is 6. The monoisotopic (exact) mass is 322 g/mol. The Morgan fingerprint density at radius 2 is 2.20 bits per heavy atom. The molecule has 1 saturated heterocycles. The molecule has 8 nitrogen and oxygen atoms in total. The molecule has 114 valence electrons. The summed E-state index contributed by atoms with van der Waals surface area (Å²) in [6, 6.07) is -0.538. The summed E-state index contributed by atoms with van der Waals surface area (Å²) >= 11 is 0. The van der Waals surface area contributed by atoms with Crippen LogP contribution < -0.4 is 5.73 Å². The second-order valence-electron chi connectivity index (χ2n) is 4.81. The fourth-order valence-electron chi connectivity index (χ4n) is 2.49. The number of imidazole rings is 1. The number of hydrogen-bond donors (Lipinski definition) is 1. The van der Waals surface area contributed by atoms with Crippen LogP contribution in [0.15, 0.2) is 11.4 Å². The van der Waals surface area contributed by atoms with E-state index in [-0.39, 0.29) is 28.9 Å². The van der Waals surface area contributed by atoms with Crippen LogP contribution >= 0.6 is 0 Å². The molecule has 0 radical (unpaired) electrons. The predicted octanol–water partition coefficient (Wildman–Crippen LogP) is -0.800. The molecule has 0 bridgehead atoms. The lowest BCUT2D eigenvalue weighted by Gasteiger charge is -2.25. The first-order chi connectivity index (χ1) is 9.19. The van der Waals surface area contributed by atoms with Gasteiger partial charge in [0, 0.05) is 19.6 Å². The molecule has 0 spiro atoms. The highest BCUT2D eigenvalue weighted by molar-refractivity contribution is 7.92. The molecule has 2 heterocycles. The molecule has 20 heavy (non-hydrogen) atoms. The Morgan fingerprint density at radius 1 is 1.55 bits per heavy atom. The minimum atomic E-state index is -3.86. The third-order valence-corrected chi connectivity index (χ3v) is 7.30. The van der Waals surface area contributed by atoms with Crippen LogP contribution in [-0.2, 0) is 26.9 Å². The van der Waals surface area contributed by atoms with Gasteiger partial charge >= 0.3 is 0 Å². The predicted molar refractivity (Wildman–Crippen MR) is 74.2 cm³/mol. The Morgan fingerprint density at radius 3 is 2.60 bits per heavy atom. The number of sulfonamides is 1. The van der Waals surface area contributed by atoms with E-state index < -0.39 is 25.9 Å². The summed E-state index contributed by atoms with van der Waals surface area (Å²) in [5.41, 5.74) is 5.62. The van der Waals surface area contributed by atoms with Crippen LogP contribution in [0, 0.1) is 0 Å². The molecular formula is C10H18N4O4S2. The smallest absolute Gasteiger partial charge is 0.262 e. The van der Waals surface area contributed by atoms with Crippen molar-refractivity contribution in [3.05, 3.63) is 6.33 Å². The lowest BCUT2D eigenvalue weighted by molar-refractivity contribution is 0.352. The fraction of sp³-hybridized carbons (Fsp3) is 0.700. The third-order valence-electron chi connectivity index (χ3n) is 3.39. The van der Waals surface area contributed by atoms with Gasteiger partial charge in [0.25, 0.3) is 10.0 Å². The van der Waals surface area contributed by atoms with Gasteiger partial charge in [0.15, 0.2) is 20.7 Å². The summed E-state index contributed by atoms with van der Waals surface area (Å²) in [6.45, 7) is 1.86. The fourth-order valence-corrected chi connectivity index (χ4v) is 6.18. The summed E-state index contributed by atoms with van der Waals surface area (Å²) < 4.78 is 50.9. The Kier molecular flexibility index (Phi) is 3.82. The number of sulfone groups is 1. The molecule has 10 heteroatoms. The highest BCUT2D eigenvalue weighted by atomic mass is 32.2. The molecule has 0 saturated carbocycles. The molecule has 0 amide bonds. The Balaban J connectivity index is 2.42. The van der Waals surface area contributed by atoms with E-state index in [1.165, 1.54) is 22.2 Å². The molecule has 0 aliphatic carbocycles. The lowest BCUT2D eigenvalue weighted by Crippen LogP contribution is -2.41. The summed E-state index contributed by atoms with van der Waals surface area (Å²) in [7, 11) is -5.48. The van der Waals surface area contributed by atoms with E-state index in [0.29, 0.717) is 6.42 Å². The maximum atomic E-state index is 12.7. The maximum absolute atomic E-state index is 12.7. The van der Waals surface area contributed by atoms with Crippen molar-refractivity contribution in [3.8, 4) is 0 Å². The van der Waals surface area contributed by atoms with Gasteiger partial charge in [-0.05, 0) is 6.42 Å². The van der Waals surface area contributed by atoms with Gasteiger partial charge in [-0.3, -0.25) is 0 Å². The van der Waals surface area contributed by atoms with Crippen molar-refractivity contribution in [1.29, 1.82) is 0 Å². The molecular weight excluding hydrogens is 304 g/mol. The number of aryl methyl sites for hydroxylation is 1. The highest BCUT2D eigenvalue weighted by Crippen LogP contribution is 2.26.